The van der Waals surface area contributed by atoms with Crippen LogP contribution in [0.3, 0.4) is 0 Å². The van der Waals surface area contributed by atoms with Crippen molar-refractivity contribution in [3.8, 4) is 0 Å². The van der Waals surface area contributed by atoms with E-state index in [1.807, 2.05) is 31.2 Å². The number of carboxylic acid groups (broad SMARTS) is 1. The molecule has 146 valence electrons. The van der Waals surface area contributed by atoms with Gasteiger partial charge in [-0.3, -0.25) is 4.79 Å². The molecule has 0 fully saturated rings. The number of hydrogen-bond acceptors (Lipinski definition) is 3. The van der Waals surface area contributed by atoms with Gasteiger partial charge in [-0.25, -0.2) is 9.78 Å². The minimum atomic E-state index is -0.977. The molecule has 2 N–H and O–H groups in total. The lowest BCUT2D eigenvalue weighted by Crippen LogP contribution is -2.29. The first-order valence-corrected chi connectivity index (χ1v) is 9.46. The summed E-state index contributed by atoms with van der Waals surface area (Å²) in [6, 6.07) is 14.7. The molecule has 28 heavy (non-hydrogen) atoms. The predicted molar refractivity (Wildman–Crippen MR) is 108 cm³/mol. The lowest BCUT2D eigenvalue weighted by Gasteiger charge is -2.19. The van der Waals surface area contributed by atoms with E-state index < -0.39 is 5.97 Å². The molecule has 0 saturated carbocycles. The molecule has 3 rings (SSSR count). The van der Waals surface area contributed by atoms with Gasteiger partial charge in [-0.2, -0.15) is 0 Å². The summed E-state index contributed by atoms with van der Waals surface area (Å²) < 4.78 is 2.14. The first-order chi connectivity index (χ1) is 13.4. The summed E-state index contributed by atoms with van der Waals surface area (Å²) in [4.78, 5) is 28.5. The van der Waals surface area contributed by atoms with Crippen LogP contribution in [-0.4, -0.2) is 26.5 Å². The Labute approximate surface area is 164 Å². The molecule has 0 saturated heterocycles. The summed E-state index contributed by atoms with van der Waals surface area (Å²) in [5.41, 5.74) is 2.85. The number of nitrogens with one attached hydrogen (secondary N) is 1. The first kappa shape index (κ1) is 19.6. The normalized spacial score (nSPS) is 12.3. The fourth-order valence-electron chi connectivity index (χ4n) is 3.48. The molecular weight excluding hydrogens is 354 g/mol. The second-order valence-electron chi connectivity index (χ2n) is 7.17. The molecule has 1 amide bonds. The number of carbonyl (C=O) groups is 2. The molecule has 0 spiro atoms. The number of fused-ring (bicyclic) bond motifs is 1. The Bertz CT molecular complexity index is 1010. The second kappa shape index (κ2) is 8.25. The molecule has 1 atom stereocenters. The van der Waals surface area contributed by atoms with E-state index in [4.69, 9.17) is 4.98 Å². The van der Waals surface area contributed by atoms with E-state index in [-0.39, 0.29) is 30.0 Å². The molecule has 0 bridgehead atoms. The number of carbonyl (C=O) groups excluding carboxylic acids is 1. The Balaban J connectivity index is 1.72. The van der Waals surface area contributed by atoms with Crippen molar-refractivity contribution in [2.75, 3.05) is 0 Å². The molecule has 3 aromatic rings. The Morgan fingerprint density at radius 3 is 2.46 bits per heavy atom. The maximum absolute atomic E-state index is 12.5. The average Bonchev–Trinajstić information content (AvgIpc) is 3.06. The summed E-state index contributed by atoms with van der Waals surface area (Å²) in [5.74, 6) is -0.291. The van der Waals surface area contributed by atoms with E-state index in [9.17, 15) is 14.7 Å². The van der Waals surface area contributed by atoms with Gasteiger partial charge in [0.2, 0.25) is 5.91 Å². The van der Waals surface area contributed by atoms with Gasteiger partial charge < -0.3 is 15.0 Å². The van der Waals surface area contributed by atoms with Gasteiger partial charge in [-0.1, -0.05) is 30.3 Å². The zero-order valence-corrected chi connectivity index (χ0v) is 16.3. The van der Waals surface area contributed by atoms with Crippen LogP contribution in [0.4, 0.5) is 0 Å². The number of benzene rings is 2. The van der Waals surface area contributed by atoms with E-state index in [1.54, 1.807) is 24.3 Å². The van der Waals surface area contributed by atoms with Crippen molar-refractivity contribution in [1.29, 1.82) is 0 Å². The van der Waals surface area contributed by atoms with Gasteiger partial charge >= 0.3 is 5.97 Å². The summed E-state index contributed by atoms with van der Waals surface area (Å²) in [6.45, 7) is 6.10. The molecule has 6 heteroatoms. The quantitative estimate of drug-likeness (QED) is 0.647. The third kappa shape index (κ3) is 4.06. The third-order valence-corrected chi connectivity index (χ3v) is 4.77. The number of hydrogen-bond donors (Lipinski definition) is 2. The molecule has 6 nitrogen and oxygen atoms in total. The molecule has 1 unspecified atom stereocenters. The van der Waals surface area contributed by atoms with Gasteiger partial charge in [0.05, 0.1) is 22.6 Å². The molecular formula is C22H25N3O3. The van der Waals surface area contributed by atoms with E-state index in [0.29, 0.717) is 12.0 Å². The van der Waals surface area contributed by atoms with Crippen LogP contribution in [0.1, 0.15) is 61.0 Å². The number of nitrogens with zero attached hydrogens (tertiary/aromatic N) is 2. The summed E-state index contributed by atoms with van der Waals surface area (Å²) in [5, 5.41) is 12.3. The van der Waals surface area contributed by atoms with Crippen LogP contribution in [0.5, 0.6) is 0 Å². The van der Waals surface area contributed by atoms with Gasteiger partial charge in [-0.05, 0) is 51.0 Å². The van der Waals surface area contributed by atoms with E-state index in [1.165, 1.54) is 0 Å². The topological polar surface area (TPSA) is 84.2 Å². The monoisotopic (exact) mass is 379 g/mol. The van der Waals surface area contributed by atoms with Crippen molar-refractivity contribution < 1.29 is 14.7 Å². The predicted octanol–water partition coefficient (Wildman–Crippen LogP) is 4.13. The Kier molecular flexibility index (Phi) is 5.78. The summed E-state index contributed by atoms with van der Waals surface area (Å²) in [6.07, 6.45) is 0.595. The standard InChI is InChI=1S/C22H25N3O3/c1-14(2)25-19-11-7-6-10-18(19)24-21(25)15(3)23-20(26)13-12-16-8-4-5-9-17(16)22(27)28/h4-11,14-15H,12-13H2,1-3H3,(H,23,26)(H,27,28). The number of imidazole rings is 1. The van der Waals surface area contributed by atoms with E-state index in [0.717, 1.165) is 16.9 Å². The van der Waals surface area contributed by atoms with Crippen LogP contribution in [0.2, 0.25) is 0 Å². The number of aryl methyl sites for hydroxylation is 1. The largest absolute Gasteiger partial charge is 0.478 e. The van der Waals surface area contributed by atoms with Crippen molar-refractivity contribution in [2.45, 2.75) is 45.7 Å². The fraction of sp³-hybridized carbons (Fsp3) is 0.318. The van der Waals surface area contributed by atoms with Crippen molar-refractivity contribution in [3.63, 3.8) is 0 Å². The molecule has 0 aliphatic rings. The molecule has 1 aromatic heterocycles. The Morgan fingerprint density at radius 1 is 1.07 bits per heavy atom. The van der Waals surface area contributed by atoms with Crippen LogP contribution in [-0.2, 0) is 11.2 Å². The zero-order chi connectivity index (χ0) is 20.3. The minimum Gasteiger partial charge on any atom is -0.478 e. The van der Waals surface area contributed by atoms with Crippen molar-refractivity contribution in [2.24, 2.45) is 0 Å². The van der Waals surface area contributed by atoms with Gasteiger partial charge in [0.25, 0.3) is 0 Å². The molecule has 2 aromatic carbocycles. The maximum atomic E-state index is 12.5. The maximum Gasteiger partial charge on any atom is 0.335 e. The minimum absolute atomic E-state index is 0.130. The number of carboxylic acids is 1. The number of aromatic nitrogens is 2. The van der Waals surface area contributed by atoms with Gasteiger partial charge in [-0.15, -0.1) is 0 Å². The number of para-hydroxylation sites is 2. The molecule has 1 heterocycles. The zero-order valence-electron chi connectivity index (χ0n) is 16.3. The van der Waals surface area contributed by atoms with Crippen LogP contribution >= 0.6 is 0 Å². The van der Waals surface area contributed by atoms with Crippen LogP contribution in [0.15, 0.2) is 48.5 Å². The highest BCUT2D eigenvalue weighted by molar-refractivity contribution is 5.89. The SMILES string of the molecule is CC(NC(=O)CCc1ccccc1C(=O)O)c1nc2ccccc2n1C(C)C. The van der Waals surface area contributed by atoms with Gasteiger partial charge in [0.1, 0.15) is 5.82 Å². The highest BCUT2D eigenvalue weighted by Gasteiger charge is 2.20. The van der Waals surface area contributed by atoms with Crippen molar-refractivity contribution in [3.05, 3.63) is 65.5 Å². The lowest BCUT2D eigenvalue weighted by molar-refractivity contribution is -0.121. The summed E-state index contributed by atoms with van der Waals surface area (Å²) in [7, 11) is 0. The lowest BCUT2D eigenvalue weighted by atomic mass is 10.0. The van der Waals surface area contributed by atoms with Gasteiger partial charge in [0, 0.05) is 12.5 Å². The highest BCUT2D eigenvalue weighted by atomic mass is 16.4. The summed E-state index contributed by atoms with van der Waals surface area (Å²) >= 11 is 0. The third-order valence-electron chi connectivity index (χ3n) is 4.77. The average molecular weight is 379 g/mol. The van der Waals surface area contributed by atoms with Crippen LogP contribution in [0.25, 0.3) is 11.0 Å². The molecule has 0 aliphatic heterocycles. The van der Waals surface area contributed by atoms with Crippen LogP contribution < -0.4 is 5.32 Å². The Morgan fingerprint density at radius 2 is 1.75 bits per heavy atom. The number of rotatable bonds is 7. The number of amides is 1. The fourth-order valence-corrected chi connectivity index (χ4v) is 3.48. The Hall–Kier alpha value is -3.15. The molecule has 0 aliphatic carbocycles. The number of aromatic carboxylic acids is 1. The smallest absolute Gasteiger partial charge is 0.335 e. The van der Waals surface area contributed by atoms with Crippen molar-refractivity contribution in [1.82, 2.24) is 14.9 Å². The van der Waals surface area contributed by atoms with E-state index >= 15 is 0 Å². The first-order valence-electron chi connectivity index (χ1n) is 9.46. The van der Waals surface area contributed by atoms with Crippen LogP contribution in [0, 0.1) is 0 Å². The second-order valence-corrected chi connectivity index (χ2v) is 7.17. The highest BCUT2D eigenvalue weighted by Crippen LogP contribution is 2.25. The van der Waals surface area contributed by atoms with Gasteiger partial charge in [0.15, 0.2) is 0 Å². The molecule has 0 radical (unpaired) electrons. The van der Waals surface area contributed by atoms with E-state index in [2.05, 4.69) is 23.7 Å². The van der Waals surface area contributed by atoms with Crippen molar-refractivity contribution >= 4 is 22.9 Å².